The van der Waals surface area contributed by atoms with Crippen molar-refractivity contribution in [2.24, 2.45) is 5.92 Å². The molecule has 0 aromatic carbocycles. The zero-order valence-electron chi connectivity index (χ0n) is 11.1. The predicted molar refractivity (Wildman–Crippen MR) is 72.6 cm³/mol. The normalized spacial score (nSPS) is 16.7. The lowest BCUT2D eigenvalue weighted by Crippen LogP contribution is -2.41. The van der Waals surface area contributed by atoms with Crippen LogP contribution in [0.3, 0.4) is 0 Å². The summed E-state index contributed by atoms with van der Waals surface area (Å²) in [5.74, 6) is 1.42. The van der Waals surface area contributed by atoms with Crippen LogP contribution in [0.1, 0.15) is 39.0 Å². The van der Waals surface area contributed by atoms with Crippen LogP contribution in [-0.2, 0) is 9.59 Å². The number of alkyl halides is 1. The quantitative estimate of drug-likeness (QED) is 0.593. The number of unbranched alkanes of at least 4 members (excludes halogenated alkanes) is 1. The Balaban J connectivity index is 2.17. The first kappa shape index (κ1) is 15.3. The number of carbonyl (C=O) groups excluding carboxylic acids is 2. The molecule has 0 aromatic heterocycles. The molecule has 1 aliphatic heterocycles. The minimum Gasteiger partial charge on any atom is -0.356 e. The van der Waals surface area contributed by atoms with E-state index in [0.29, 0.717) is 18.2 Å². The summed E-state index contributed by atoms with van der Waals surface area (Å²) in [7, 11) is 0. The number of hydrogen-bond donors (Lipinski definition) is 1. The maximum absolute atomic E-state index is 11.9. The van der Waals surface area contributed by atoms with Crippen LogP contribution in [0.2, 0.25) is 0 Å². The molecule has 1 fully saturated rings. The van der Waals surface area contributed by atoms with Crippen molar-refractivity contribution in [2.45, 2.75) is 39.0 Å². The standard InChI is InChI=1S/C13H23ClN2O2/c1-11(17)15-10-12-5-8-16(9-6-12)13(18)4-2-3-7-14/h12H,2-10H2,1H3,(H,15,17). The van der Waals surface area contributed by atoms with E-state index in [1.807, 2.05) is 4.90 Å². The summed E-state index contributed by atoms with van der Waals surface area (Å²) >= 11 is 5.59. The molecule has 0 aliphatic carbocycles. The molecular weight excluding hydrogens is 252 g/mol. The summed E-state index contributed by atoms with van der Waals surface area (Å²) in [6.45, 7) is 3.92. The summed E-state index contributed by atoms with van der Waals surface area (Å²) in [5.41, 5.74) is 0. The van der Waals surface area contributed by atoms with Crippen molar-refractivity contribution in [1.82, 2.24) is 10.2 Å². The lowest BCUT2D eigenvalue weighted by molar-refractivity contribution is -0.132. The Morgan fingerprint density at radius 1 is 1.28 bits per heavy atom. The maximum Gasteiger partial charge on any atom is 0.222 e. The fraction of sp³-hybridized carbons (Fsp3) is 0.846. The number of nitrogens with zero attached hydrogens (tertiary/aromatic N) is 1. The molecule has 0 unspecified atom stereocenters. The highest BCUT2D eigenvalue weighted by atomic mass is 35.5. The molecule has 1 aliphatic rings. The van der Waals surface area contributed by atoms with Crippen LogP contribution >= 0.6 is 11.6 Å². The fourth-order valence-corrected chi connectivity index (χ4v) is 2.39. The molecule has 104 valence electrons. The highest BCUT2D eigenvalue weighted by molar-refractivity contribution is 6.17. The maximum atomic E-state index is 11.9. The Labute approximate surface area is 114 Å². The number of amides is 2. The van der Waals surface area contributed by atoms with E-state index < -0.39 is 0 Å². The van der Waals surface area contributed by atoms with Crippen LogP contribution < -0.4 is 5.32 Å². The third-order valence-electron chi connectivity index (χ3n) is 3.38. The Bertz CT molecular complexity index is 276. The lowest BCUT2D eigenvalue weighted by atomic mass is 9.96. The molecule has 0 atom stereocenters. The van der Waals surface area contributed by atoms with Crippen LogP contribution in [0.25, 0.3) is 0 Å². The first-order valence-corrected chi connectivity index (χ1v) is 7.25. The summed E-state index contributed by atoms with van der Waals surface area (Å²) in [4.78, 5) is 24.6. The second-order valence-corrected chi connectivity index (χ2v) is 5.29. The molecule has 0 saturated carbocycles. The van der Waals surface area contributed by atoms with Gasteiger partial charge in [-0.2, -0.15) is 0 Å². The average Bonchev–Trinajstić information content (AvgIpc) is 2.37. The van der Waals surface area contributed by atoms with Crippen LogP contribution in [0, 0.1) is 5.92 Å². The average molecular weight is 275 g/mol. The highest BCUT2D eigenvalue weighted by Crippen LogP contribution is 2.17. The largest absolute Gasteiger partial charge is 0.356 e. The number of hydrogen-bond acceptors (Lipinski definition) is 2. The molecule has 0 spiro atoms. The van der Waals surface area contributed by atoms with E-state index in [4.69, 9.17) is 11.6 Å². The van der Waals surface area contributed by atoms with Gasteiger partial charge in [0, 0.05) is 38.9 Å². The van der Waals surface area contributed by atoms with Crippen LogP contribution in [0.15, 0.2) is 0 Å². The number of nitrogens with one attached hydrogen (secondary N) is 1. The van der Waals surface area contributed by atoms with Gasteiger partial charge >= 0.3 is 0 Å². The van der Waals surface area contributed by atoms with E-state index in [2.05, 4.69) is 5.32 Å². The van der Waals surface area contributed by atoms with Crippen molar-refractivity contribution in [3.8, 4) is 0 Å². The Morgan fingerprint density at radius 2 is 1.94 bits per heavy atom. The zero-order valence-corrected chi connectivity index (χ0v) is 11.8. The van der Waals surface area contributed by atoms with E-state index in [1.54, 1.807) is 0 Å². The number of likely N-dealkylation sites (tertiary alicyclic amines) is 1. The Hall–Kier alpha value is -0.770. The molecular formula is C13H23ClN2O2. The molecule has 18 heavy (non-hydrogen) atoms. The Kier molecular flexibility index (Phi) is 7.09. The monoisotopic (exact) mass is 274 g/mol. The molecule has 0 radical (unpaired) electrons. The molecule has 1 N–H and O–H groups in total. The molecule has 5 heteroatoms. The summed E-state index contributed by atoms with van der Waals surface area (Å²) in [5, 5.41) is 2.84. The van der Waals surface area contributed by atoms with Gasteiger partial charge in [-0.15, -0.1) is 11.6 Å². The summed E-state index contributed by atoms with van der Waals surface area (Å²) in [6, 6.07) is 0. The smallest absolute Gasteiger partial charge is 0.222 e. The molecule has 0 bridgehead atoms. The number of carbonyl (C=O) groups is 2. The Morgan fingerprint density at radius 3 is 2.50 bits per heavy atom. The third-order valence-corrected chi connectivity index (χ3v) is 3.65. The van der Waals surface area contributed by atoms with Crippen molar-refractivity contribution in [3.63, 3.8) is 0 Å². The first-order valence-electron chi connectivity index (χ1n) is 6.71. The van der Waals surface area contributed by atoms with Crippen molar-refractivity contribution >= 4 is 23.4 Å². The van der Waals surface area contributed by atoms with Gasteiger partial charge in [0.25, 0.3) is 0 Å². The van der Waals surface area contributed by atoms with Crippen LogP contribution in [-0.4, -0.2) is 42.2 Å². The van der Waals surface area contributed by atoms with E-state index in [9.17, 15) is 9.59 Å². The predicted octanol–water partition coefficient (Wildman–Crippen LogP) is 1.77. The van der Waals surface area contributed by atoms with Crippen molar-refractivity contribution < 1.29 is 9.59 Å². The van der Waals surface area contributed by atoms with Crippen LogP contribution in [0.4, 0.5) is 0 Å². The van der Waals surface area contributed by atoms with Crippen molar-refractivity contribution in [2.75, 3.05) is 25.5 Å². The first-order chi connectivity index (χ1) is 8.63. The van der Waals surface area contributed by atoms with Gasteiger partial charge in [0.15, 0.2) is 0 Å². The van der Waals surface area contributed by atoms with Gasteiger partial charge in [-0.3, -0.25) is 9.59 Å². The van der Waals surface area contributed by atoms with E-state index >= 15 is 0 Å². The topological polar surface area (TPSA) is 49.4 Å². The van der Waals surface area contributed by atoms with Gasteiger partial charge < -0.3 is 10.2 Å². The summed E-state index contributed by atoms with van der Waals surface area (Å²) in [6.07, 6.45) is 4.38. The van der Waals surface area contributed by atoms with Crippen LogP contribution in [0.5, 0.6) is 0 Å². The number of rotatable bonds is 6. The van der Waals surface area contributed by atoms with E-state index in [0.717, 1.165) is 45.3 Å². The SMILES string of the molecule is CC(=O)NCC1CCN(C(=O)CCCCCl)CC1. The van der Waals surface area contributed by atoms with Gasteiger partial charge in [0.05, 0.1) is 0 Å². The zero-order chi connectivity index (χ0) is 13.4. The second kappa shape index (κ2) is 8.35. The van der Waals surface area contributed by atoms with Crippen molar-refractivity contribution in [3.05, 3.63) is 0 Å². The van der Waals surface area contributed by atoms with Gasteiger partial charge in [-0.25, -0.2) is 0 Å². The van der Waals surface area contributed by atoms with E-state index in [1.165, 1.54) is 6.92 Å². The molecule has 1 heterocycles. The highest BCUT2D eigenvalue weighted by Gasteiger charge is 2.22. The fourth-order valence-electron chi connectivity index (χ4n) is 2.20. The summed E-state index contributed by atoms with van der Waals surface area (Å²) < 4.78 is 0. The number of piperidine rings is 1. The minimum absolute atomic E-state index is 0.0228. The minimum atomic E-state index is 0.0228. The van der Waals surface area contributed by atoms with Gasteiger partial charge in [0.1, 0.15) is 0 Å². The van der Waals surface area contributed by atoms with Gasteiger partial charge in [0.2, 0.25) is 11.8 Å². The second-order valence-electron chi connectivity index (χ2n) is 4.91. The van der Waals surface area contributed by atoms with Gasteiger partial charge in [-0.1, -0.05) is 0 Å². The lowest BCUT2D eigenvalue weighted by Gasteiger charge is -2.32. The molecule has 2 amide bonds. The molecule has 1 rings (SSSR count). The molecule has 4 nitrogen and oxygen atoms in total. The molecule has 1 saturated heterocycles. The van der Waals surface area contributed by atoms with Gasteiger partial charge in [-0.05, 0) is 31.6 Å². The van der Waals surface area contributed by atoms with Crippen molar-refractivity contribution in [1.29, 1.82) is 0 Å². The molecule has 0 aromatic rings. The third kappa shape index (κ3) is 5.71. The number of halogens is 1. The van der Waals surface area contributed by atoms with E-state index in [-0.39, 0.29) is 11.8 Å².